The van der Waals surface area contributed by atoms with Crippen molar-refractivity contribution in [2.75, 3.05) is 0 Å². The Kier molecular flexibility index (Phi) is 7.15. The maximum atomic E-state index is 12.1. The lowest BCUT2D eigenvalue weighted by Crippen LogP contribution is -2.33. The molecule has 1 amide bonds. The number of amides is 1. The van der Waals surface area contributed by atoms with Gasteiger partial charge in [-0.25, -0.2) is 5.43 Å². The van der Waals surface area contributed by atoms with Crippen molar-refractivity contribution < 1.29 is 9.53 Å². The minimum absolute atomic E-state index is 0.288. The first-order valence-corrected chi connectivity index (χ1v) is 8.79. The first kappa shape index (κ1) is 19.4. The van der Waals surface area contributed by atoms with Crippen LogP contribution < -0.4 is 10.2 Å². The number of hydrazone groups is 1. The third kappa shape index (κ3) is 5.88. The predicted molar refractivity (Wildman–Crippen MR) is 107 cm³/mol. The number of aryl methyl sites for hydroxylation is 1. The molecule has 0 saturated carbocycles. The van der Waals surface area contributed by atoms with Crippen LogP contribution in [0.4, 0.5) is 0 Å². The second kappa shape index (κ2) is 9.56. The first-order chi connectivity index (χ1) is 12.5. The molecular weight excluding hydrogens is 324 g/mol. The van der Waals surface area contributed by atoms with Crippen molar-refractivity contribution in [3.05, 3.63) is 71.3 Å². The van der Waals surface area contributed by atoms with Crippen LogP contribution in [0.2, 0.25) is 0 Å². The van der Waals surface area contributed by atoms with Gasteiger partial charge in [-0.05, 0) is 48.6 Å². The Morgan fingerprint density at radius 2 is 1.85 bits per heavy atom. The van der Waals surface area contributed by atoms with Gasteiger partial charge in [0.25, 0.3) is 5.91 Å². The number of nitrogens with one attached hydrogen (secondary N) is 1. The molecule has 2 rings (SSSR count). The molecule has 0 aliphatic rings. The molecule has 0 saturated heterocycles. The highest BCUT2D eigenvalue weighted by atomic mass is 16.5. The SMILES string of the molecule is Cc1ccc(C(C)C)cc1O[C@H](C)C(=O)N/N=C\C=C/c1ccccc1. The smallest absolute Gasteiger partial charge is 0.280 e. The summed E-state index contributed by atoms with van der Waals surface area (Å²) in [6.45, 7) is 7.94. The normalized spacial score (nSPS) is 12.7. The van der Waals surface area contributed by atoms with E-state index in [2.05, 4.69) is 30.4 Å². The van der Waals surface area contributed by atoms with Gasteiger partial charge >= 0.3 is 0 Å². The van der Waals surface area contributed by atoms with Crippen LogP contribution in [0.5, 0.6) is 5.75 Å². The Balaban J connectivity index is 1.88. The Hall–Kier alpha value is -2.88. The van der Waals surface area contributed by atoms with E-state index in [1.807, 2.05) is 55.5 Å². The van der Waals surface area contributed by atoms with Gasteiger partial charge in [0, 0.05) is 6.21 Å². The first-order valence-electron chi connectivity index (χ1n) is 8.79. The number of benzene rings is 2. The summed E-state index contributed by atoms with van der Waals surface area (Å²) in [6, 6.07) is 16.0. The number of rotatable bonds is 7. The minimum Gasteiger partial charge on any atom is -0.481 e. The molecule has 4 nitrogen and oxygen atoms in total. The van der Waals surface area contributed by atoms with E-state index in [4.69, 9.17) is 4.74 Å². The molecule has 0 aliphatic heterocycles. The Morgan fingerprint density at radius 3 is 2.54 bits per heavy atom. The number of allylic oxidation sites excluding steroid dienone is 1. The Labute approximate surface area is 155 Å². The molecule has 0 aliphatic carbocycles. The zero-order chi connectivity index (χ0) is 18.9. The van der Waals surface area contributed by atoms with Crippen LogP contribution in [-0.2, 0) is 4.79 Å². The Bertz CT molecular complexity index is 780. The van der Waals surface area contributed by atoms with Crippen molar-refractivity contribution in [1.29, 1.82) is 0 Å². The monoisotopic (exact) mass is 350 g/mol. The van der Waals surface area contributed by atoms with E-state index in [-0.39, 0.29) is 5.91 Å². The van der Waals surface area contributed by atoms with Gasteiger partial charge in [0.15, 0.2) is 6.10 Å². The van der Waals surface area contributed by atoms with Gasteiger partial charge in [0.05, 0.1) is 0 Å². The molecule has 0 spiro atoms. The van der Waals surface area contributed by atoms with E-state index in [0.29, 0.717) is 5.92 Å². The van der Waals surface area contributed by atoms with E-state index in [1.165, 1.54) is 5.56 Å². The van der Waals surface area contributed by atoms with Gasteiger partial charge < -0.3 is 4.74 Å². The number of hydrogen-bond acceptors (Lipinski definition) is 3. The van der Waals surface area contributed by atoms with Gasteiger partial charge in [-0.1, -0.05) is 62.4 Å². The van der Waals surface area contributed by atoms with Crippen LogP contribution in [0.25, 0.3) is 6.08 Å². The minimum atomic E-state index is -0.633. The summed E-state index contributed by atoms with van der Waals surface area (Å²) in [5.41, 5.74) is 5.76. The number of ether oxygens (including phenoxy) is 1. The molecule has 0 aromatic heterocycles. The number of hydrogen-bond donors (Lipinski definition) is 1. The molecule has 1 N–H and O–H groups in total. The number of carbonyl (C=O) groups is 1. The quantitative estimate of drug-likeness (QED) is 0.581. The third-order valence-electron chi connectivity index (χ3n) is 3.98. The second-order valence-corrected chi connectivity index (χ2v) is 6.46. The van der Waals surface area contributed by atoms with Crippen molar-refractivity contribution in [1.82, 2.24) is 5.43 Å². The average molecular weight is 350 g/mol. The van der Waals surface area contributed by atoms with E-state index < -0.39 is 6.10 Å². The third-order valence-corrected chi connectivity index (χ3v) is 3.98. The van der Waals surface area contributed by atoms with E-state index in [9.17, 15) is 4.79 Å². The molecule has 0 bridgehead atoms. The maximum Gasteiger partial charge on any atom is 0.280 e. The fourth-order valence-electron chi connectivity index (χ4n) is 2.30. The van der Waals surface area contributed by atoms with Crippen molar-refractivity contribution in [2.24, 2.45) is 5.10 Å². The van der Waals surface area contributed by atoms with Gasteiger partial charge in [-0.3, -0.25) is 4.79 Å². The summed E-state index contributed by atoms with van der Waals surface area (Å²) >= 11 is 0. The summed E-state index contributed by atoms with van der Waals surface area (Å²) in [4.78, 5) is 12.1. The van der Waals surface area contributed by atoms with Crippen LogP contribution in [0.1, 0.15) is 43.4 Å². The van der Waals surface area contributed by atoms with Crippen molar-refractivity contribution in [3.63, 3.8) is 0 Å². The summed E-state index contributed by atoms with van der Waals surface area (Å²) in [6.07, 6.45) is 4.60. The average Bonchev–Trinajstić information content (AvgIpc) is 2.63. The molecule has 26 heavy (non-hydrogen) atoms. The van der Waals surface area contributed by atoms with Crippen LogP contribution in [0.15, 0.2) is 59.7 Å². The lowest BCUT2D eigenvalue weighted by Gasteiger charge is -2.16. The van der Waals surface area contributed by atoms with Crippen molar-refractivity contribution in [3.8, 4) is 5.75 Å². The zero-order valence-electron chi connectivity index (χ0n) is 15.8. The molecule has 2 aromatic carbocycles. The van der Waals surface area contributed by atoms with Gasteiger partial charge in [0.1, 0.15) is 5.75 Å². The van der Waals surface area contributed by atoms with Gasteiger partial charge in [-0.2, -0.15) is 5.10 Å². The highest BCUT2D eigenvalue weighted by Gasteiger charge is 2.15. The zero-order valence-corrected chi connectivity index (χ0v) is 15.8. The largest absolute Gasteiger partial charge is 0.481 e. The fraction of sp³-hybridized carbons (Fsp3) is 0.273. The number of nitrogens with zero attached hydrogens (tertiary/aromatic N) is 1. The molecule has 0 radical (unpaired) electrons. The number of carbonyl (C=O) groups excluding carboxylic acids is 1. The van der Waals surface area contributed by atoms with E-state index in [1.54, 1.807) is 19.2 Å². The van der Waals surface area contributed by atoms with Gasteiger partial charge in [-0.15, -0.1) is 0 Å². The fourth-order valence-corrected chi connectivity index (χ4v) is 2.30. The molecule has 0 unspecified atom stereocenters. The molecule has 2 aromatic rings. The van der Waals surface area contributed by atoms with Crippen LogP contribution in [-0.4, -0.2) is 18.2 Å². The topological polar surface area (TPSA) is 50.7 Å². The highest BCUT2D eigenvalue weighted by Crippen LogP contribution is 2.25. The molecule has 0 fully saturated rings. The molecule has 0 heterocycles. The standard InChI is InChI=1S/C22H26N2O2/c1-16(2)20-13-12-17(3)21(15-20)26-18(4)22(25)24-23-14-8-11-19-9-6-5-7-10-19/h5-16,18H,1-4H3,(H,24,25)/b11-8-,23-14-/t18-/m1/s1. The summed E-state index contributed by atoms with van der Waals surface area (Å²) in [5, 5.41) is 3.93. The Morgan fingerprint density at radius 1 is 1.12 bits per heavy atom. The molecule has 1 atom stereocenters. The maximum absolute atomic E-state index is 12.1. The molecular formula is C22H26N2O2. The van der Waals surface area contributed by atoms with Crippen LogP contribution in [0.3, 0.4) is 0 Å². The summed E-state index contributed by atoms with van der Waals surface area (Å²) in [7, 11) is 0. The summed E-state index contributed by atoms with van der Waals surface area (Å²) < 4.78 is 5.82. The van der Waals surface area contributed by atoms with Crippen molar-refractivity contribution >= 4 is 18.2 Å². The highest BCUT2D eigenvalue weighted by molar-refractivity contribution is 5.83. The van der Waals surface area contributed by atoms with Crippen LogP contribution >= 0.6 is 0 Å². The van der Waals surface area contributed by atoms with Gasteiger partial charge in [0.2, 0.25) is 0 Å². The lowest BCUT2D eigenvalue weighted by molar-refractivity contribution is -0.127. The van der Waals surface area contributed by atoms with Crippen molar-refractivity contribution in [2.45, 2.75) is 39.7 Å². The molecule has 4 heteroatoms. The predicted octanol–water partition coefficient (Wildman–Crippen LogP) is 4.70. The lowest BCUT2D eigenvalue weighted by atomic mass is 10.0. The molecule has 136 valence electrons. The van der Waals surface area contributed by atoms with E-state index >= 15 is 0 Å². The summed E-state index contributed by atoms with van der Waals surface area (Å²) in [5.74, 6) is 0.846. The van der Waals surface area contributed by atoms with Crippen LogP contribution in [0, 0.1) is 6.92 Å². The second-order valence-electron chi connectivity index (χ2n) is 6.46. The van der Waals surface area contributed by atoms with E-state index in [0.717, 1.165) is 16.9 Å².